The summed E-state index contributed by atoms with van der Waals surface area (Å²) in [6, 6.07) is 3.83. The number of rotatable bonds is 1. The highest BCUT2D eigenvalue weighted by Crippen LogP contribution is 2.26. The molecular weight excluding hydrogens is 236 g/mol. The topological polar surface area (TPSA) is 74.0 Å². The van der Waals surface area contributed by atoms with Gasteiger partial charge in [0.15, 0.2) is 0 Å². The zero-order valence-electron chi connectivity index (χ0n) is 9.27. The van der Waals surface area contributed by atoms with Gasteiger partial charge in [0.1, 0.15) is 11.1 Å². The average molecular weight is 248 g/mol. The molecule has 0 aromatic carbocycles. The maximum atomic E-state index is 10.7. The number of nitrogens with zero attached hydrogens (tertiary/aromatic N) is 2. The minimum Gasteiger partial charge on any atom is -0.473 e. The van der Waals surface area contributed by atoms with E-state index in [1.807, 2.05) is 6.07 Å². The number of aryl methyl sites for hydroxylation is 2. The molecule has 0 unspecified atom stereocenters. The summed E-state index contributed by atoms with van der Waals surface area (Å²) in [7, 11) is 0. The van der Waals surface area contributed by atoms with Crippen molar-refractivity contribution in [3.63, 3.8) is 0 Å². The maximum Gasteiger partial charge on any atom is 0.371 e. The van der Waals surface area contributed by atoms with E-state index in [1.165, 1.54) is 6.42 Å². The van der Waals surface area contributed by atoms with Gasteiger partial charge >= 0.3 is 5.30 Å². The van der Waals surface area contributed by atoms with E-state index < -0.39 is 5.30 Å². The number of thioether (sulfide) groups is 1. The third kappa shape index (κ3) is 2.77. The quantitative estimate of drug-likeness (QED) is 0.611. The summed E-state index contributed by atoms with van der Waals surface area (Å²) in [4.78, 5) is 15.0. The first kappa shape index (κ1) is 11.9. The molecule has 17 heavy (non-hydrogen) atoms. The smallest absolute Gasteiger partial charge is 0.371 e. The fourth-order valence-corrected chi connectivity index (χ4v) is 2.57. The Morgan fingerprint density at radius 2 is 2.18 bits per heavy atom. The molecule has 0 saturated carbocycles. The Labute approximate surface area is 104 Å². The molecule has 1 aromatic rings. The van der Waals surface area contributed by atoms with Crippen LogP contribution in [0.25, 0.3) is 0 Å². The van der Waals surface area contributed by atoms with Crippen molar-refractivity contribution in [2.45, 2.75) is 37.1 Å². The van der Waals surface area contributed by atoms with Crippen molar-refractivity contribution >= 4 is 17.1 Å². The summed E-state index contributed by atoms with van der Waals surface area (Å²) >= 11 is 0.612. The Morgan fingerprint density at radius 1 is 1.41 bits per heavy atom. The molecule has 2 rings (SSSR count). The standard InChI is InChI=1S/C12H12N2O2S/c13-7-9-6-8-4-2-1-3-5-10(8)14-11(9)17-12(15)16/h6H,1-5H2,(H,15,16). The van der Waals surface area contributed by atoms with Gasteiger partial charge in [-0.15, -0.1) is 0 Å². The number of hydrogen-bond donors (Lipinski definition) is 1. The van der Waals surface area contributed by atoms with Crippen molar-refractivity contribution in [1.29, 1.82) is 5.26 Å². The number of fused-ring (bicyclic) bond motifs is 1. The predicted octanol–water partition coefficient (Wildman–Crippen LogP) is 2.99. The molecular formula is C12H12N2O2S. The van der Waals surface area contributed by atoms with Crippen LogP contribution in [0.15, 0.2) is 11.1 Å². The molecule has 1 aliphatic rings. The average Bonchev–Trinajstić information content (AvgIpc) is 2.51. The second kappa shape index (κ2) is 5.19. The molecule has 1 aromatic heterocycles. The fraction of sp³-hybridized carbons (Fsp3) is 0.417. The van der Waals surface area contributed by atoms with Crippen molar-refractivity contribution in [3.8, 4) is 6.07 Å². The van der Waals surface area contributed by atoms with E-state index in [4.69, 9.17) is 10.4 Å². The molecule has 0 aliphatic heterocycles. The van der Waals surface area contributed by atoms with E-state index in [0.29, 0.717) is 22.4 Å². The summed E-state index contributed by atoms with van der Waals surface area (Å²) in [5, 5.41) is 17.1. The highest BCUT2D eigenvalue weighted by molar-refractivity contribution is 8.13. The number of aromatic nitrogens is 1. The Bertz CT molecular complexity index is 494. The van der Waals surface area contributed by atoms with E-state index in [2.05, 4.69) is 4.98 Å². The number of nitriles is 1. The minimum absolute atomic E-state index is 0.320. The first-order valence-electron chi connectivity index (χ1n) is 5.54. The summed E-state index contributed by atoms with van der Waals surface area (Å²) in [5.41, 5.74) is 2.44. The van der Waals surface area contributed by atoms with Gasteiger partial charge in [-0.3, -0.25) is 0 Å². The highest BCUT2D eigenvalue weighted by Gasteiger charge is 2.16. The molecule has 0 radical (unpaired) electrons. The second-order valence-corrected chi connectivity index (χ2v) is 4.93. The number of hydrogen-bond acceptors (Lipinski definition) is 4. The van der Waals surface area contributed by atoms with Gasteiger partial charge in [-0.25, -0.2) is 9.78 Å². The molecule has 0 spiro atoms. The lowest BCUT2D eigenvalue weighted by molar-refractivity contribution is 0.222. The van der Waals surface area contributed by atoms with Crippen LogP contribution in [0.3, 0.4) is 0 Å². The second-order valence-electron chi connectivity index (χ2n) is 3.99. The Morgan fingerprint density at radius 3 is 2.88 bits per heavy atom. The summed E-state index contributed by atoms with van der Waals surface area (Å²) in [6.07, 6.45) is 5.19. The summed E-state index contributed by atoms with van der Waals surface area (Å²) in [5.74, 6) is 0. The summed E-state index contributed by atoms with van der Waals surface area (Å²) < 4.78 is 0. The molecule has 4 nitrogen and oxygen atoms in total. The third-order valence-corrected chi connectivity index (χ3v) is 3.50. The van der Waals surface area contributed by atoms with Gasteiger partial charge in [-0.1, -0.05) is 6.42 Å². The van der Waals surface area contributed by atoms with Crippen LogP contribution in [0.1, 0.15) is 36.1 Å². The molecule has 1 N–H and O–H groups in total. The molecule has 1 aliphatic carbocycles. The van der Waals surface area contributed by atoms with Gasteiger partial charge in [-0.2, -0.15) is 5.26 Å². The van der Waals surface area contributed by atoms with Crippen LogP contribution < -0.4 is 0 Å². The fourth-order valence-electron chi connectivity index (χ4n) is 2.03. The van der Waals surface area contributed by atoms with Gasteiger partial charge < -0.3 is 5.11 Å². The van der Waals surface area contributed by atoms with Gasteiger partial charge in [0.2, 0.25) is 0 Å². The van der Waals surface area contributed by atoms with E-state index in [1.54, 1.807) is 6.07 Å². The SMILES string of the molecule is N#Cc1cc2c(nc1SC(=O)O)CCCCC2. The molecule has 0 saturated heterocycles. The number of carboxylic acid groups (broad SMARTS) is 1. The first-order chi connectivity index (χ1) is 8.20. The van der Waals surface area contributed by atoms with Crippen LogP contribution in [-0.4, -0.2) is 15.4 Å². The summed E-state index contributed by atoms with van der Waals surface area (Å²) in [6.45, 7) is 0. The number of pyridine rings is 1. The Hall–Kier alpha value is -1.54. The lowest BCUT2D eigenvalue weighted by Gasteiger charge is -2.08. The molecule has 0 bridgehead atoms. The molecule has 0 amide bonds. The zero-order chi connectivity index (χ0) is 12.3. The normalized spacial score (nSPS) is 14.5. The predicted molar refractivity (Wildman–Crippen MR) is 64.1 cm³/mol. The molecule has 5 heteroatoms. The highest BCUT2D eigenvalue weighted by atomic mass is 32.2. The van der Waals surface area contributed by atoms with Crippen molar-refractivity contribution < 1.29 is 9.90 Å². The molecule has 0 fully saturated rings. The minimum atomic E-state index is -1.03. The zero-order valence-corrected chi connectivity index (χ0v) is 10.1. The van der Waals surface area contributed by atoms with Crippen molar-refractivity contribution in [2.75, 3.05) is 0 Å². The molecule has 0 atom stereocenters. The van der Waals surface area contributed by atoms with Crippen LogP contribution in [0.5, 0.6) is 0 Å². The van der Waals surface area contributed by atoms with E-state index >= 15 is 0 Å². The van der Waals surface area contributed by atoms with Gasteiger partial charge in [0.25, 0.3) is 0 Å². The van der Waals surface area contributed by atoms with Crippen molar-refractivity contribution in [3.05, 3.63) is 22.9 Å². The number of carbonyl (C=O) groups is 1. The van der Waals surface area contributed by atoms with Crippen LogP contribution in [0.2, 0.25) is 0 Å². The van der Waals surface area contributed by atoms with Crippen LogP contribution in [0.4, 0.5) is 4.79 Å². The van der Waals surface area contributed by atoms with E-state index in [9.17, 15) is 4.79 Å². The Balaban J connectivity index is 2.43. The van der Waals surface area contributed by atoms with Crippen molar-refractivity contribution in [2.24, 2.45) is 0 Å². The first-order valence-corrected chi connectivity index (χ1v) is 6.36. The lowest BCUT2D eigenvalue weighted by atomic mass is 10.1. The van der Waals surface area contributed by atoms with Gasteiger partial charge in [0.05, 0.1) is 5.56 Å². The monoisotopic (exact) mass is 248 g/mol. The van der Waals surface area contributed by atoms with Gasteiger partial charge in [0, 0.05) is 17.5 Å². The largest absolute Gasteiger partial charge is 0.473 e. The van der Waals surface area contributed by atoms with Crippen LogP contribution in [-0.2, 0) is 12.8 Å². The molecule has 88 valence electrons. The lowest BCUT2D eigenvalue weighted by Crippen LogP contribution is -2.01. The van der Waals surface area contributed by atoms with Gasteiger partial charge in [-0.05, 0) is 37.3 Å². The van der Waals surface area contributed by atoms with E-state index in [-0.39, 0.29) is 0 Å². The van der Waals surface area contributed by atoms with E-state index in [0.717, 1.165) is 36.9 Å². The molecule has 1 heterocycles. The van der Waals surface area contributed by atoms with Crippen LogP contribution in [0, 0.1) is 11.3 Å². The van der Waals surface area contributed by atoms with Crippen LogP contribution >= 0.6 is 11.8 Å². The maximum absolute atomic E-state index is 10.7. The third-order valence-electron chi connectivity index (χ3n) is 2.82. The Kier molecular flexibility index (Phi) is 3.64. The van der Waals surface area contributed by atoms with Crippen molar-refractivity contribution in [1.82, 2.24) is 4.98 Å².